The number of sulfonamides is 1. The Labute approximate surface area is 145 Å². The Kier molecular flexibility index (Phi) is 6.49. The quantitative estimate of drug-likeness (QED) is 0.572. The van der Waals surface area contributed by atoms with Gasteiger partial charge in [0, 0.05) is 6.42 Å². The summed E-state index contributed by atoms with van der Waals surface area (Å²) in [6, 6.07) is 11.1. The molecule has 25 heavy (non-hydrogen) atoms. The van der Waals surface area contributed by atoms with Crippen molar-refractivity contribution in [2.75, 3.05) is 20.3 Å². The van der Waals surface area contributed by atoms with Crippen LogP contribution in [0, 0.1) is 5.82 Å². The predicted molar refractivity (Wildman–Crippen MR) is 89.5 cm³/mol. The number of carbonyl (C=O) groups excluding carboxylic acids is 1. The van der Waals surface area contributed by atoms with Gasteiger partial charge in [0.25, 0.3) is 0 Å². The van der Waals surface area contributed by atoms with E-state index in [2.05, 4.69) is 4.72 Å². The molecular formula is C17H18FNO5S. The number of rotatable bonds is 8. The average Bonchev–Trinajstić information content (AvgIpc) is 2.63. The maximum atomic E-state index is 12.7. The molecule has 2 rings (SSSR count). The molecule has 0 saturated carbocycles. The van der Waals surface area contributed by atoms with Crippen molar-refractivity contribution >= 4 is 16.0 Å². The number of hydrogen-bond donors (Lipinski definition) is 1. The predicted octanol–water partition coefficient (Wildman–Crippen LogP) is 2.36. The van der Waals surface area contributed by atoms with Gasteiger partial charge in [0.2, 0.25) is 10.0 Å². The molecule has 0 amide bonds. The zero-order valence-corrected chi connectivity index (χ0v) is 14.4. The highest BCUT2D eigenvalue weighted by atomic mass is 32.2. The van der Waals surface area contributed by atoms with Crippen LogP contribution in [0.25, 0.3) is 0 Å². The van der Waals surface area contributed by atoms with Gasteiger partial charge in [-0.2, -0.15) is 0 Å². The fourth-order valence-corrected chi connectivity index (χ4v) is 2.65. The smallest absolute Gasteiger partial charge is 0.338 e. The maximum Gasteiger partial charge on any atom is 0.338 e. The van der Waals surface area contributed by atoms with Crippen LogP contribution >= 0.6 is 0 Å². The fourth-order valence-electron chi connectivity index (χ4n) is 1.92. The molecule has 6 nitrogen and oxygen atoms in total. The van der Waals surface area contributed by atoms with Crippen molar-refractivity contribution in [2.45, 2.75) is 11.3 Å². The van der Waals surface area contributed by atoms with E-state index in [0.29, 0.717) is 18.8 Å². The Morgan fingerprint density at radius 2 is 1.68 bits per heavy atom. The van der Waals surface area contributed by atoms with Gasteiger partial charge in [0.15, 0.2) is 0 Å². The van der Waals surface area contributed by atoms with E-state index < -0.39 is 16.0 Å². The van der Waals surface area contributed by atoms with Gasteiger partial charge in [-0.25, -0.2) is 22.3 Å². The fraction of sp³-hybridized carbons (Fsp3) is 0.235. The first-order valence-corrected chi connectivity index (χ1v) is 9.00. The standard InChI is InChI=1S/C17H18FNO5S/c1-19-25(21,22)16-9-3-13(4-10-16)17(20)24-12-2-11-23-15-7-5-14(18)6-8-15/h3-10,19H,2,11-12H2,1H3. The third kappa shape index (κ3) is 5.54. The van der Waals surface area contributed by atoms with Crippen molar-refractivity contribution in [3.63, 3.8) is 0 Å². The van der Waals surface area contributed by atoms with Crippen molar-refractivity contribution in [2.24, 2.45) is 0 Å². The van der Waals surface area contributed by atoms with Crippen LogP contribution in [0.2, 0.25) is 0 Å². The van der Waals surface area contributed by atoms with E-state index in [9.17, 15) is 17.6 Å². The minimum absolute atomic E-state index is 0.0687. The second-order valence-corrected chi connectivity index (χ2v) is 6.91. The molecule has 0 radical (unpaired) electrons. The Morgan fingerprint density at radius 3 is 2.28 bits per heavy atom. The lowest BCUT2D eigenvalue weighted by atomic mass is 10.2. The first-order valence-electron chi connectivity index (χ1n) is 7.51. The highest BCUT2D eigenvalue weighted by molar-refractivity contribution is 7.89. The third-order valence-corrected chi connectivity index (χ3v) is 4.70. The normalized spacial score (nSPS) is 11.1. The van der Waals surface area contributed by atoms with E-state index in [-0.39, 0.29) is 22.9 Å². The number of carbonyl (C=O) groups is 1. The van der Waals surface area contributed by atoms with Gasteiger partial charge in [-0.1, -0.05) is 0 Å². The molecule has 0 aliphatic carbocycles. The zero-order valence-electron chi connectivity index (χ0n) is 13.6. The number of ether oxygens (including phenoxy) is 2. The minimum Gasteiger partial charge on any atom is -0.493 e. The maximum absolute atomic E-state index is 12.7. The third-order valence-electron chi connectivity index (χ3n) is 3.27. The van der Waals surface area contributed by atoms with Crippen LogP contribution in [0.5, 0.6) is 5.75 Å². The van der Waals surface area contributed by atoms with Gasteiger partial charge in [0.05, 0.1) is 23.7 Å². The summed E-state index contributed by atoms with van der Waals surface area (Å²) in [6.07, 6.45) is 0.468. The van der Waals surface area contributed by atoms with Crippen molar-refractivity contribution < 1.29 is 27.1 Å². The second kappa shape index (κ2) is 8.59. The second-order valence-electron chi connectivity index (χ2n) is 5.02. The molecule has 2 aromatic rings. The Balaban J connectivity index is 1.75. The summed E-state index contributed by atoms with van der Waals surface area (Å²) < 4.78 is 48.6. The number of hydrogen-bond acceptors (Lipinski definition) is 5. The number of halogens is 1. The van der Waals surface area contributed by atoms with Crippen LogP contribution in [-0.4, -0.2) is 34.6 Å². The van der Waals surface area contributed by atoms with Gasteiger partial charge in [0.1, 0.15) is 11.6 Å². The molecule has 0 aliphatic heterocycles. The van der Waals surface area contributed by atoms with Gasteiger partial charge in [-0.05, 0) is 55.6 Å². The highest BCUT2D eigenvalue weighted by Crippen LogP contribution is 2.12. The molecule has 134 valence electrons. The minimum atomic E-state index is -3.54. The van der Waals surface area contributed by atoms with Gasteiger partial charge >= 0.3 is 5.97 Å². The van der Waals surface area contributed by atoms with E-state index >= 15 is 0 Å². The van der Waals surface area contributed by atoms with E-state index in [0.717, 1.165) is 0 Å². The lowest BCUT2D eigenvalue weighted by Gasteiger charge is -2.08. The van der Waals surface area contributed by atoms with Gasteiger partial charge in [-0.15, -0.1) is 0 Å². The van der Waals surface area contributed by atoms with Crippen LogP contribution in [0.1, 0.15) is 16.8 Å². The summed E-state index contributed by atoms with van der Waals surface area (Å²) >= 11 is 0. The first-order chi connectivity index (χ1) is 11.9. The zero-order chi connectivity index (χ0) is 18.3. The summed E-state index contributed by atoms with van der Waals surface area (Å²) in [4.78, 5) is 11.9. The summed E-state index contributed by atoms with van der Waals surface area (Å²) in [5.41, 5.74) is 0.259. The summed E-state index contributed by atoms with van der Waals surface area (Å²) in [5, 5.41) is 0. The number of benzene rings is 2. The Hall–Kier alpha value is -2.45. The molecule has 0 heterocycles. The molecule has 2 aromatic carbocycles. The monoisotopic (exact) mass is 367 g/mol. The molecule has 0 saturated heterocycles. The molecular weight excluding hydrogens is 349 g/mol. The van der Waals surface area contributed by atoms with Crippen LogP contribution in [0.4, 0.5) is 4.39 Å². The molecule has 0 spiro atoms. The van der Waals surface area contributed by atoms with Gasteiger partial charge < -0.3 is 9.47 Å². The van der Waals surface area contributed by atoms with Crippen molar-refractivity contribution in [1.82, 2.24) is 4.72 Å². The number of esters is 1. The molecule has 8 heteroatoms. The molecule has 0 aliphatic rings. The van der Waals surface area contributed by atoms with E-state index in [1.165, 1.54) is 55.6 Å². The largest absolute Gasteiger partial charge is 0.493 e. The first kappa shape index (κ1) is 18.9. The van der Waals surface area contributed by atoms with Crippen LogP contribution in [0.15, 0.2) is 53.4 Å². The lowest BCUT2D eigenvalue weighted by molar-refractivity contribution is 0.0486. The molecule has 0 fully saturated rings. The van der Waals surface area contributed by atoms with Crippen LogP contribution in [0.3, 0.4) is 0 Å². The van der Waals surface area contributed by atoms with Crippen molar-refractivity contribution in [3.05, 3.63) is 59.9 Å². The summed E-state index contributed by atoms with van der Waals surface area (Å²) in [5.74, 6) is -0.348. The van der Waals surface area contributed by atoms with Crippen LogP contribution < -0.4 is 9.46 Å². The van der Waals surface area contributed by atoms with E-state index in [1.54, 1.807) is 0 Å². The molecule has 0 atom stereocenters. The SMILES string of the molecule is CNS(=O)(=O)c1ccc(C(=O)OCCCOc2ccc(F)cc2)cc1. The summed E-state index contributed by atoms with van der Waals surface area (Å²) in [6.45, 7) is 0.467. The molecule has 0 bridgehead atoms. The molecule has 0 unspecified atom stereocenters. The van der Waals surface area contributed by atoms with Crippen molar-refractivity contribution in [3.8, 4) is 5.75 Å². The Morgan fingerprint density at radius 1 is 1.04 bits per heavy atom. The lowest BCUT2D eigenvalue weighted by Crippen LogP contribution is -2.18. The number of nitrogens with one attached hydrogen (secondary N) is 1. The van der Waals surface area contributed by atoms with Gasteiger partial charge in [-0.3, -0.25) is 0 Å². The Bertz CT molecular complexity index is 804. The van der Waals surface area contributed by atoms with Crippen LogP contribution in [-0.2, 0) is 14.8 Å². The molecule has 1 N–H and O–H groups in total. The summed E-state index contributed by atoms with van der Waals surface area (Å²) in [7, 11) is -2.23. The van der Waals surface area contributed by atoms with E-state index in [4.69, 9.17) is 9.47 Å². The average molecular weight is 367 g/mol. The van der Waals surface area contributed by atoms with Crippen molar-refractivity contribution in [1.29, 1.82) is 0 Å². The van der Waals surface area contributed by atoms with E-state index in [1.807, 2.05) is 0 Å². The molecule has 0 aromatic heterocycles. The highest BCUT2D eigenvalue weighted by Gasteiger charge is 2.13. The topological polar surface area (TPSA) is 81.7 Å².